The SMILES string of the molecule is N[C@]12OC[C@@H](O)[C@H]1OC[C@H]2Oc1nc2nc(NCc3ccc(CO)o3)c(Cl)cc2[nH]1. The lowest BCUT2D eigenvalue weighted by molar-refractivity contribution is -0.0647. The monoisotopic (exact) mass is 437 g/mol. The largest absolute Gasteiger partial charge is 0.462 e. The predicted molar refractivity (Wildman–Crippen MR) is 104 cm³/mol. The van der Waals surface area contributed by atoms with E-state index in [-0.39, 0.29) is 25.8 Å². The minimum absolute atomic E-state index is 0.0861. The molecular weight excluding hydrogens is 418 g/mol. The van der Waals surface area contributed by atoms with E-state index < -0.39 is 24.0 Å². The van der Waals surface area contributed by atoms with E-state index in [1.54, 1.807) is 18.2 Å². The fraction of sp³-hybridized carbons (Fsp3) is 0.444. The number of nitrogens with two attached hydrogens (primary N) is 1. The first kappa shape index (κ1) is 19.5. The molecule has 160 valence electrons. The maximum Gasteiger partial charge on any atom is 0.296 e. The molecule has 0 aliphatic carbocycles. The predicted octanol–water partition coefficient (Wildman–Crippen LogP) is 0.501. The van der Waals surface area contributed by atoms with Crippen LogP contribution in [0.4, 0.5) is 5.82 Å². The second-order valence-electron chi connectivity index (χ2n) is 7.20. The smallest absolute Gasteiger partial charge is 0.296 e. The van der Waals surface area contributed by atoms with Crippen LogP contribution in [-0.2, 0) is 22.6 Å². The van der Waals surface area contributed by atoms with Crippen molar-refractivity contribution in [2.75, 3.05) is 18.5 Å². The van der Waals surface area contributed by atoms with Crippen molar-refractivity contribution >= 4 is 28.6 Å². The summed E-state index contributed by atoms with van der Waals surface area (Å²) in [5, 5.41) is 22.5. The van der Waals surface area contributed by atoms with Crippen LogP contribution >= 0.6 is 11.6 Å². The molecule has 6 N–H and O–H groups in total. The summed E-state index contributed by atoms with van der Waals surface area (Å²) < 4.78 is 22.3. The van der Waals surface area contributed by atoms with Crippen LogP contribution in [0.1, 0.15) is 11.5 Å². The zero-order chi connectivity index (χ0) is 20.9. The van der Waals surface area contributed by atoms with E-state index in [0.29, 0.717) is 40.1 Å². The highest BCUT2D eigenvalue weighted by Crippen LogP contribution is 2.35. The molecule has 12 heteroatoms. The quantitative estimate of drug-likeness (QED) is 0.367. The third-order valence-corrected chi connectivity index (χ3v) is 5.48. The summed E-state index contributed by atoms with van der Waals surface area (Å²) in [5.41, 5.74) is 5.98. The average molecular weight is 438 g/mol. The number of nitrogens with zero attached hydrogens (tertiary/aromatic N) is 2. The lowest BCUT2D eigenvalue weighted by Gasteiger charge is -2.27. The number of hydrogen-bond acceptors (Lipinski definition) is 10. The first-order valence-electron chi connectivity index (χ1n) is 9.34. The zero-order valence-corrected chi connectivity index (χ0v) is 16.4. The second-order valence-corrected chi connectivity index (χ2v) is 7.61. The van der Waals surface area contributed by atoms with Gasteiger partial charge in [-0.15, -0.1) is 0 Å². The summed E-state index contributed by atoms with van der Waals surface area (Å²) in [4.78, 5) is 11.8. The Balaban J connectivity index is 1.32. The van der Waals surface area contributed by atoms with Gasteiger partial charge in [-0.05, 0) is 18.2 Å². The number of pyridine rings is 1. The van der Waals surface area contributed by atoms with Crippen molar-refractivity contribution in [2.24, 2.45) is 5.73 Å². The average Bonchev–Trinajstić information content (AvgIpc) is 3.47. The number of aromatic nitrogens is 3. The minimum Gasteiger partial charge on any atom is -0.462 e. The fourth-order valence-corrected chi connectivity index (χ4v) is 3.87. The highest BCUT2D eigenvalue weighted by atomic mass is 35.5. The van der Waals surface area contributed by atoms with Gasteiger partial charge in [-0.1, -0.05) is 11.6 Å². The molecule has 3 aromatic heterocycles. The highest BCUT2D eigenvalue weighted by molar-refractivity contribution is 6.33. The molecular formula is C18H20ClN5O6. The van der Waals surface area contributed by atoms with Crippen molar-refractivity contribution in [3.05, 3.63) is 34.7 Å². The van der Waals surface area contributed by atoms with Gasteiger partial charge < -0.3 is 39.1 Å². The molecule has 11 nitrogen and oxygen atoms in total. The number of halogens is 1. The third-order valence-electron chi connectivity index (χ3n) is 5.19. The van der Waals surface area contributed by atoms with Gasteiger partial charge in [0.05, 0.1) is 30.3 Å². The Hall–Kier alpha value is -2.41. The van der Waals surface area contributed by atoms with Crippen LogP contribution in [0.5, 0.6) is 6.01 Å². The molecule has 0 bridgehead atoms. The number of ether oxygens (including phenoxy) is 3. The van der Waals surface area contributed by atoms with Crippen molar-refractivity contribution in [1.29, 1.82) is 0 Å². The van der Waals surface area contributed by atoms with Gasteiger partial charge in [0.25, 0.3) is 6.01 Å². The summed E-state index contributed by atoms with van der Waals surface area (Å²) in [7, 11) is 0. The van der Waals surface area contributed by atoms with Crippen molar-refractivity contribution in [3.63, 3.8) is 0 Å². The maximum atomic E-state index is 9.91. The van der Waals surface area contributed by atoms with Crippen LogP contribution in [0.15, 0.2) is 22.6 Å². The topological polar surface area (TPSA) is 161 Å². The summed E-state index contributed by atoms with van der Waals surface area (Å²) in [6, 6.07) is 5.32. The van der Waals surface area contributed by atoms with E-state index in [1.807, 2.05) is 0 Å². The van der Waals surface area contributed by atoms with E-state index in [1.165, 1.54) is 0 Å². The van der Waals surface area contributed by atoms with Crippen molar-refractivity contribution < 1.29 is 28.8 Å². The van der Waals surface area contributed by atoms with Gasteiger partial charge in [0.15, 0.2) is 17.5 Å². The highest BCUT2D eigenvalue weighted by Gasteiger charge is 2.59. The van der Waals surface area contributed by atoms with Crippen LogP contribution in [0.3, 0.4) is 0 Å². The van der Waals surface area contributed by atoms with Gasteiger partial charge in [0.2, 0.25) is 0 Å². The number of fused-ring (bicyclic) bond motifs is 2. The molecule has 2 saturated heterocycles. The number of hydrogen-bond donors (Lipinski definition) is 5. The number of nitrogens with one attached hydrogen (secondary N) is 2. The number of furan rings is 1. The molecule has 3 aromatic rings. The van der Waals surface area contributed by atoms with E-state index >= 15 is 0 Å². The molecule has 30 heavy (non-hydrogen) atoms. The molecule has 2 aliphatic heterocycles. The van der Waals surface area contributed by atoms with Crippen LogP contribution in [0.25, 0.3) is 11.2 Å². The lowest BCUT2D eigenvalue weighted by atomic mass is 10.0. The Morgan fingerprint density at radius 2 is 2.17 bits per heavy atom. The molecule has 5 rings (SSSR count). The van der Waals surface area contributed by atoms with Crippen molar-refractivity contribution in [1.82, 2.24) is 15.0 Å². The normalized spacial score (nSPS) is 28.2. The van der Waals surface area contributed by atoms with Crippen molar-refractivity contribution in [3.8, 4) is 6.01 Å². The second kappa shape index (κ2) is 7.38. The van der Waals surface area contributed by atoms with Gasteiger partial charge in [-0.2, -0.15) is 4.98 Å². The van der Waals surface area contributed by atoms with Gasteiger partial charge in [0.1, 0.15) is 36.2 Å². The Kier molecular flexibility index (Phi) is 4.81. The molecule has 0 radical (unpaired) electrons. The molecule has 4 atom stereocenters. The third kappa shape index (κ3) is 3.29. The summed E-state index contributed by atoms with van der Waals surface area (Å²) in [6.45, 7) is 0.419. The maximum absolute atomic E-state index is 9.91. The molecule has 0 amide bonds. The van der Waals surface area contributed by atoms with Crippen LogP contribution in [-0.4, -0.2) is 62.4 Å². The molecule has 0 aromatic carbocycles. The van der Waals surface area contributed by atoms with E-state index in [0.717, 1.165) is 0 Å². The zero-order valence-electron chi connectivity index (χ0n) is 15.7. The van der Waals surface area contributed by atoms with E-state index in [2.05, 4.69) is 20.3 Å². The first-order valence-corrected chi connectivity index (χ1v) is 9.72. The Morgan fingerprint density at radius 3 is 2.97 bits per heavy atom. The van der Waals surface area contributed by atoms with Gasteiger partial charge in [-0.3, -0.25) is 5.73 Å². The van der Waals surface area contributed by atoms with Gasteiger partial charge in [-0.25, -0.2) is 4.98 Å². The van der Waals surface area contributed by atoms with Crippen molar-refractivity contribution in [2.45, 2.75) is 37.2 Å². The Bertz CT molecular complexity index is 1070. The summed E-state index contributed by atoms with van der Waals surface area (Å²) in [5.74, 6) is 1.53. The molecule has 2 fully saturated rings. The number of imidazole rings is 1. The molecule has 2 aliphatic rings. The number of aromatic amines is 1. The number of H-pyrrole nitrogens is 1. The van der Waals surface area contributed by atoms with Gasteiger partial charge >= 0.3 is 0 Å². The molecule has 5 heterocycles. The van der Waals surface area contributed by atoms with Gasteiger partial charge in [0, 0.05) is 0 Å². The number of aliphatic hydroxyl groups is 2. The Morgan fingerprint density at radius 1 is 1.33 bits per heavy atom. The molecule has 0 spiro atoms. The molecule has 0 saturated carbocycles. The van der Waals surface area contributed by atoms with Crippen LogP contribution in [0.2, 0.25) is 5.02 Å². The summed E-state index contributed by atoms with van der Waals surface area (Å²) >= 11 is 6.32. The minimum atomic E-state index is -1.24. The van der Waals surface area contributed by atoms with Crippen LogP contribution < -0.4 is 15.8 Å². The van der Waals surface area contributed by atoms with E-state index in [9.17, 15) is 5.11 Å². The number of rotatable bonds is 6. The molecule has 0 unspecified atom stereocenters. The lowest BCUT2D eigenvalue weighted by Crippen LogP contribution is -2.57. The first-order chi connectivity index (χ1) is 14.5. The number of aliphatic hydroxyl groups excluding tert-OH is 2. The van der Waals surface area contributed by atoms with E-state index in [4.69, 9.17) is 41.1 Å². The van der Waals surface area contributed by atoms with Crippen LogP contribution in [0, 0.1) is 0 Å². The summed E-state index contributed by atoms with van der Waals surface area (Å²) in [6.07, 6.45) is -2.09. The standard InChI is InChI=1S/C18H20ClN5O6/c19-10-3-11-16(23-15(10)21-4-8-1-2-9(5-25)29-8)24-17(22-11)30-13-7-27-14-12(26)6-28-18(13,14)20/h1-3,12-14,25-26H,4-7,20H2,(H2,21,22,23,24)/t12-,13-,14-,18-/m1/s1. The Labute approximate surface area is 175 Å². The fourth-order valence-electron chi connectivity index (χ4n) is 3.65. The number of anilines is 1.